The summed E-state index contributed by atoms with van der Waals surface area (Å²) in [6, 6.07) is -0.189. The highest BCUT2D eigenvalue weighted by Crippen LogP contribution is 2.11. The van der Waals surface area contributed by atoms with Crippen LogP contribution in [0, 0.1) is 5.41 Å². The van der Waals surface area contributed by atoms with Crippen molar-refractivity contribution in [3.63, 3.8) is 0 Å². The van der Waals surface area contributed by atoms with E-state index < -0.39 is 0 Å². The van der Waals surface area contributed by atoms with Gasteiger partial charge in [-0.1, -0.05) is 13.8 Å². The van der Waals surface area contributed by atoms with Crippen LogP contribution in [0.1, 0.15) is 34.6 Å². The van der Waals surface area contributed by atoms with E-state index in [1.165, 1.54) is 0 Å². The number of nitrogens with one attached hydrogen (secondary N) is 1. The first-order chi connectivity index (χ1) is 7.37. The molecule has 0 radical (unpaired) electrons. The summed E-state index contributed by atoms with van der Waals surface area (Å²) in [5.41, 5.74) is -0.183. The van der Waals surface area contributed by atoms with E-state index >= 15 is 0 Å². The molecule has 0 aromatic rings. The minimum absolute atomic E-state index is 0.117. The van der Waals surface area contributed by atoms with Crippen LogP contribution in [-0.4, -0.2) is 48.2 Å². The van der Waals surface area contributed by atoms with Gasteiger partial charge >= 0.3 is 0 Å². The number of carbonyl (C=O) groups is 1. The van der Waals surface area contributed by atoms with Crippen molar-refractivity contribution in [3.05, 3.63) is 0 Å². The normalized spacial score (nSPS) is 13.6. The second-order valence-electron chi connectivity index (χ2n) is 4.94. The molecule has 1 unspecified atom stereocenters. The fourth-order valence-electron chi connectivity index (χ4n) is 1.38. The summed E-state index contributed by atoms with van der Waals surface area (Å²) in [6.07, 6.45) is 0. The average Bonchev–Trinajstić information content (AvgIpc) is 2.27. The molecule has 0 aromatic heterocycles. The summed E-state index contributed by atoms with van der Waals surface area (Å²) in [6.45, 7) is 12.0. The molecule has 1 amide bonds. The summed E-state index contributed by atoms with van der Waals surface area (Å²) in [5, 5.41) is 12.3. The lowest BCUT2D eigenvalue weighted by molar-refractivity contribution is -0.132. The predicted molar refractivity (Wildman–Crippen MR) is 66.3 cm³/mol. The largest absolute Gasteiger partial charge is 0.396 e. The van der Waals surface area contributed by atoms with Gasteiger partial charge in [-0.05, 0) is 20.8 Å². The third-order valence-electron chi connectivity index (χ3n) is 2.76. The van der Waals surface area contributed by atoms with E-state index in [1.807, 2.05) is 39.5 Å². The number of carbonyl (C=O) groups excluding carboxylic acids is 1. The van der Waals surface area contributed by atoms with E-state index in [9.17, 15) is 4.79 Å². The van der Waals surface area contributed by atoms with E-state index in [1.54, 1.807) is 0 Å². The molecule has 0 bridgehead atoms. The third kappa shape index (κ3) is 4.94. The van der Waals surface area contributed by atoms with Crippen LogP contribution in [0.25, 0.3) is 0 Å². The summed E-state index contributed by atoms with van der Waals surface area (Å²) >= 11 is 0. The Hall–Kier alpha value is -0.610. The smallest absolute Gasteiger partial charge is 0.239 e. The maximum absolute atomic E-state index is 11.9. The lowest BCUT2D eigenvalue weighted by Gasteiger charge is -2.27. The van der Waals surface area contributed by atoms with Crippen molar-refractivity contribution in [2.24, 2.45) is 5.41 Å². The standard InChI is InChI=1S/C12H26N2O2/c1-6-14(7-2)11(16)10(3)13-8-12(4,5)9-15/h10,13,15H,6-9H2,1-5H3. The van der Waals surface area contributed by atoms with Crippen molar-refractivity contribution in [1.82, 2.24) is 10.2 Å². The van der Waals surface area contributed by atoms with E-state index in [0.717, 1.165) is 13.1 Å². The van der Waals surface area contributed by atoms with Crippen LogP contribution >= 0.6 is 0 Å². The maximum atomic E-state index is 11.9. The van der Waals surface area contributed by atoms with Gasteiger partial charge in [-0.2, -0.15) is 0 Å². The Morgan fingerprint density at radius 1 is 1.38 bits per heavy atom. The van der Waals surface area contributed by atoms with Crippen LogP contribution in [0.5, 0.6) is 0 Å². The fourth-order valence-corrected chi connectivity index (χ4v) is 1.38. The van der Waals surface area contributed by atoms with Gasteiger partial charge in [0.25, 0.3) is 0 Å². The topological polar surface area (TPSA) is 52.6 Å². The molecule has 0 heterocycles. The fraction of sp³-hybridized carbons (Fsp3) is 0.917. The Kier molecular flexibility index (Phi) is 6.60. The molecule has 0 saturated heterocycles. The summed E-state index contributed by atoms with van der Waals surface area (Å²) in [4.78, 5) is 13.7. The van der Waals surface area contributed by atoms with Gasteiger partial charge in [0.15, 0.2) is 0 Å². The van der Waals surface area contributed by atoms with Crippen LogP contribution in [0.3, 0.4) is 0 Å². The molecule has 0 fully saturated rings. The molecular weight excluding hydrogens is 204 g/mol. The molecule has 16 heavy (non-hydrogen) atoms. The van der Waals surface area contributed by atoms with E-state index in [-0.39, 0.29) is 24.0 Å². The highest BCUT2D eigenvalue weighted by Gasteiger charge is 2.22. The van der Waals surface area contributed by atoms with E-state index in [4.69, 9.17) is 5.11 Å². The lowest BCUT2D eigenvalue weighted by Crippen LogP contribution is -2.47. The summed E-state index contributed by atoms with van der Waals surface area (Å²) in [5.74, 6) is 0.124. The first-order valence-corrected chi connectivity index (χ1v) is 6.01. The lowest BCUT2D eigenvalue weighted by atomic mass is 9.94. The SMILES string of the molecule is CCN(CC)C(=O)C(C)NCC(C)(C)CO. The Bertz CT molecular complexity index is 213. The third-order valence-corrected chi connectivity index (χ3v) is 2.76. The second-order valence-corrected chi connectivity index (χ2v) is 4.94. The first-order valence-electron chi connectivity index (χ1n) is 6.01. The van der Waals surface area contributed by atoms with Crippen LogP contribution in [0.15, 0.2) is 0 Å². The molecule has 0 rings (SSSR count). The van der Waals surface area contributed by atoms with Crippen molar-refractivity contribution < 1.29 is 9.90 Å². The number of amides is 1. The number of nitrogens with zero attached hydrogens (tertiary/aromatic N) is 1. The van der Waals surface area contributed by atoms with Crippen molar-refractivity contribution in [2.45, 2.75) is 40.7 Å². The van der Waals surface area contributed by atoms with Gasteiger partial charge in [-0.15, -0.1) is 0 Å². The van der Waals surface area contributed by atoms with Gasteiger partial charge < -0.3 is 15.3 Å². The molecule has 0 aliphatic rings. The minimum Gasteiger partial charge on any atom is -0.396 e. The van der Waals surface area contributed by atoms with Gasteiger partial charge in [0.2, 0.25) is 5.91 Å². The quantitative estimate of drug-likeness (QED) is 0.682. The number of aliphatic hydroxyl groups excluding tert-OH is 1. The molecule has 2 N–H and O–H groups in total. The molecule has 0 aliphatic carbocycles. The maximum Gasteiger partial charge on any atom is 0.239 e. The monoisotopic (exact) mass is 230 g/mol. The Balaban J connectivity index is 4.15. The summed E-state index contributed by atoms with van der Waals surface area (Å²) < 4.78 is 0. The predicted octanol–water partition coefficient (Wildman–Crippen LogP) is 0.851. The molecule has 0 aromatic carbocycles. The van der Waals surface area contributed by atoms with Crippen LogP contribution in [0.2, 0.25) is 0 Å². The molecule has 1 atom stereocenters. The first kappa shape index (κ1) is 15.4. The molecule has 0 aliphatic heterocycles. The van der Waals surface area contributed by atoms with Gasteiger partial charge in [0.1, 0.15) is 0 Å². The zero-order chi connectivity index (χ0) is 12.8. The number of rotatable bonds is 7. The molecule has 4 nitrogen and oxygen atoms in total. The average molecular weight is 230 g/mol. The number of aliphatic hydroxyl groups is 1. The number of hydrogen-bond donors (Lipinski definition) is 2. The van der Waals surface area contributed by atoms with Crippen molar-refractivity contribution in [2.75, 3.05) is 26.2 Å². The molecular formula is C12H26N2O2. The van der Waals surface area contributed by atoms with Crippen molar-refractivity contribution in [3.8, 4) is 0 Å². The zero-order valence-electron chi connectivity index (χ0n) is 11.2. The summed E-state index contributed by atoms with van der Waals surface area (Å²) in [7, 11) is 0. The zero-order valence-corrected chi connectivity index (χ0v) is 11.2. The molecule has 0 saturated carbocycles. The second kappa shape index (κ2) is 6.86. The van der Waals surface area contributed by atoms with E-state index in [0.29, 0.717) is 6.54 Å². The highest BCUT2D eigenvalue weighted by atomic mass is 16.3. The van der Waals surface area contributed by atoms with Crippen LogP contribution in [0.4, 0.5) is 0 Å². The van der Waals surface area contributed by atoms with Gasteiger partial charge in [-0.25, -0.2) is 0 Å². The Morgan fingerprint density at radius 3 is 2.25 bits per heavy atom. The number of likely N-dealkylation sites (N-methyl/N-ethyl adjacent to an activating group) is 1. The van der Waals surface area contributed by atoms with Gasteiger partial charge in [0, 0.05) is 31.7 Å². The van der Waals surface area contributed by atoms with Gasteiger partial charge in [0.05, 0.1) is 6.04 Å². The van der Waals surface area contributed by atoms with Crippen LogP contribution in [-0.2, 0) is 4.79 Å². The van der Waals surface area contributed by atoms with Crippen molar-refractivity contribution >= 4 is 5.91 Å². The number of hydrogen-bond acceptors (Lipinski definition) is 3. The van der Waals surface area contributed by atoms with Crippen LogP contribution < -0.4 is 5.32 Å². The molecule has 4 heteroatoms. The molecule has 0 spiro atoms. The minimum atomic E-state index is -0.189. The highest BCUT2D eigenvalue weighted by molar-refractivity contribution is 5.81. The van der Waals surface area contributed by atoms with Gasteiger partial charge in [-0.3, -0.25) is 4.79 Å². The van der Waals surface area contributed by atoms with Crippen molar-refractivity contribution in [1.29, 1.82) is 0 Å². The Morgan fingerprint density at radius 2 is 1.88 bits per heavy atom. The molecule has 96 valence electrons. The van der Waals surface area contributed by atoms with E-state index in [2.05, 4.69) is 5.32 Å². The Labute approximate surface area is 99.0 Å².